The zero-order chi connectivity index (χ0) is 31.9. The molecule has 1 aromatic rings. The van der Waals surface area contributed by atoms with Crippen LogP contribution in [0, 0.1) is 24.2 Å². The molecule has 1 atom stereocenters. The molecular weight excluding hydrogens is 520 g/mol. The van der Waals surface area contributed by atoms with Gasteiger partial charge in [0.25, 0.3) is 0 Å². The standard InChI is InChI=1S/C27H45N3O.C9H11NO/c1-10-13-21(6)17-29-26(30(14-11-2)18-23(12-3)20(4)5)25(16-28)24-15-27(8,9)31-19-22(24)7;1-7-3-5-9(6-4-7)10-8(2)11/h17,21H,10-15,18-19H2,1-9H3;3-6H,1-2H3,(H,10,11)/b26-25+,29-17+;. The maximum atomic E-state index is 10.6. The van der Waals surface area contributed by atoms with E-state index in [0.29, 0.717) is 18.1 Å². The van der Waals surface area contributed by atoms with Crippen molar-refractivity contribution in [3.05, 3.63) is 63.5 Å². The van der Waals surface area contributed by atoms with Gasteiger partial charge in [-0.05, 0) is 90.0 Å². The van der Waals surface area contributed by atoms with Crippen molar-refractivity contribution in [2.75, 3.05) is 25.0 Å². The first-order valence-electron chi connectivity index (χ1n) is 15.5. The molecule has 1 heterocycles. The molecule has 0 aromatic heterocycles. The Morgan fingerprint density at radius 1 is 1.14 bits per heavy atom. The van der Waals surface area contributed by atoms with Crippen LogP contribution in [-0.4, -0.2) is 42.3 Å². The fraction of sp³-hybridized carbons (Fsp3) is 0.583. The van der Waals surface area contributed by atoms with E-state index in [9.17, 15) is 10.1 Å². The number of rotatable bonds is 12. The summed E-state index contributed by atoms with van der Waals surface area (Å²) in [5.74, 6) is 1.18. The molecule has 0 bridgehead atoms. The maximum Gasteiger partial charge on any atom is 0.221 e. The van der Waals surface area contributed by atoms with Gasteiger partial charge < -0.3 is 15.0 Å². The fourth-order valence-electron chi connectivity index (χ4n) is 4.83. The second-order valence-electron chi connectivity index (χ2n) is 12.3. The van der Waals surface area contributed by atoms with Crippen LogP contribution in [0.25, 0.3) is 0 Å². The average Bonchev–Trinajstić information content (AvgIpc) is 2.92. The summed E-state index contributed by atoms with van der Waals surface area (Å²) >= 11 is 0. The molecule has 2 rings (SSSR count). The van der Waals surface area contributed by atoms with Gasteiger partial charge in [0.05, 0.1) is 17.8 Å². The Hall–Kier alpha value is -3.17. The number of nitrogens with zero attached hydrogens (tertiary/aromatic N) is 3. The lowest BCUT2D eigenvalue weighted by Crippen LogP contribution is -2.32. The third-order valence-electron chi connectivity index (χ3n) is 7.31. The van der Waals surface area contributed by atoms with Crippen LogP contribution < -0.4 is 5.32 Å². The van der Waals surface area contributed by atoms with Crippen LogP contribution in [0.3, 0.4) is 0 Å². The SMILES string of the molecule is CC(=O)Nc1ccc(C)cc1.CCCC(C)/C=N/C(=C(/C#N)C1=C(C)COC(C)(C)C1)N(CCC)CC(CC)=C(C)C. The van der Waals surface area contributed by atoms with Gasteiger partial charge >= 0.3 is 0 Å². The fourth-order valence-corrected chi connectivity index (χ4v) is 4.83. The van der Waals surface area contributed by atoms with Gasteiger partial charge in [-0.15, -0.1) is 0 Å². The number of carbonyl (C=O) groups excluding carboxylic acids is 1. The number of carbonyl (C=O) groups is 1. The van der Waals surface area contributed by atoms with Crippen molar-refractivity contribution < 1.29 is 9.53 Å². The summed E-state index contributed by atoms with van der Waals surface area (Å²) in [6, 6.07) is 10.2. The molecular formula is C36H56N4O2. The highest BCUT2D eigenvalue weighted by Gasteiger charge is 2.30. The van der Waals surface area contributed by atoms with Crippen LogP contribution in [0.4, 0.5) is 5.69 Å². The predicted molar refractivity (Wildman–Crippen MR) is 179 cm³/mol. The molecule has 1 N–H and O–H groups in total. The molecule has 0 aliphatic carbocycles. The third kappa shape index (κ3) is 12.8. The summed E-state index contributed by atoms with van der Waals surface area (Å²) in [6.07, 6.45) is 7.03. The van der Waals surface area contributed by atoms with Crippen molar-refractivity contribution in [2.24, 2.45) is 10.9 Å². The van der Waals surface area contributed by atoms with Gasteiger partial charge in [0, 0.05) is 38.3 Å². The monoisotopic (exact) mass is 576 g/mol. The van der Waals surface area contributed by atoms with E-state index < -0.39 is 0 Å². The van der Waals surface area contributed by atoms with E-state index in [-0.39, 0.29) is 11.5 Å². The minimum atomic E-state index is -0.272. The number of anilines is 1. The molecule has 0 saturated carbocycles. The van der Waals surface area contributed by atoms with Gasteiger partial charge in [0.15, 0.2) is 0 Å². The van der Waals surface area contributed by atoms with E-state index in [0.717, 1.165) is 67.8 Å². The number of ether oxygens (including phenoxy) is 1. The van der Waals surface area contributed by atoms with Crippen molar-refractivity contribution in [2.45, 2.75) is 114 Å². The largest absolute Gasteiger partial charge is 0.371 e. The Kier molecular flexibility index (Phi) is 16.1. The minimum absolute atomic E-state index is 0.0335. The van der Waals surface area contributed by atoms with Gasteiger partial charge in [0.2, 0.25) is 5.91 Å². The number of hydrogen-bond acceptors (Lipinski definition) is 5. The first kappa shape index (κ1) is 36.9. The van der Waals surface area contributed by atoms with E-state index in [2.05, 4.69) is 78.6 Å². The number of benzene rings is 1. The molecule has 0 radical (unpaired) electrons. The topological polar surface area (TPSA) is 77.7 Å². The number of amides is 1. The third-order valence-corrected chi connectivity index (χ3v) is 7.31. The van der Waals surface area contributed by atoms with Gasteiger partial charge in [-0.3, -0.25) is 4.79 Å². The molecule has 6 nitrogen and oxygen atoms in total. The van der Waals surface area contributed by atoms with Crippen molar-refractivity contribution in [1.82, 2.24) is 4.90 Å². The summed E-state index contributed by atoms with van der Waals surface area (Å²) in [6.45, 7) is 25.2. The molecule has 6 heteroatoms. The number of aliphatic imine (C=N–C) groups is 1. The molecule has 1 amide bonds. The van der Waals surface area contributed by atoms with Crippen LogP contribution in [0.15, 0.2) is 62.9 Å². The van der Waals surface area contributed by atoms with Crippen LogP contribution in [0.2, 0.25) is 0 Å². The number of nitrogens with one attached hydrogen (secondary N) is 1. The Morgan fingerprint density at radius 3 is 2.29 bits per heavy atom. The molecule has 0 spiro atoms. The molecule has 0 fully saturated rings. The highest BCUT2D eigenvalue weighted by molar-refractivity contribution is 5.88. The smallest absolute Gasteiger partial charge is 0.221 e. The van der Waals surface area contributed by atoms with Crippen molar-refractivity contribution in [3.63, 3.8) is 0 Å². The van der Waals surface area contributed by atoms with Crippen LogP contribution in [0.5, 0.6) is 0 Å². The van der Waals surface area contributed by atoms with Crippen LogP contribution in [-0.2, 0) is 9.53 Å². The summed E-state index contributed by atoms with van der Waals surface area (Å²) in [5, 5.41) is 13.0. The average molecular weight is 577 g/mol. The van der Waals surface area contributed by atoms with Crippen molar-refractivity contribution >= 4 is 17.8 Å². The van der Waals surface area contributed by atoms with Gasteiger partial charge in [-0.1, -0.05) is 63.0 Å². The van der Waals surface area contributed by atoms with Crippen LogP contribution in [0.1, 0.15) is 107 Å². The Labute approximate surface area is 256 Å². The van der Waals surface area contributed by atoms with E-state index in [1.54, 1.807) is 0 Å². The zero-order valence-electron chi connectivity index (χ0n) is 28.3. The highest BCUT2D eigenvalue weighted by Crippen LogP contribution is 2.35. The Balaban J connectivity index is 0.000000666. The predicted octanol–water partition coefficient (Wildman–Crippen LogP) is 9.16. The lowest BCUT2D eigenvalue weighted by molar-refractivity contribution is -0.114. The minimum Gasteiger partial charge on any atom is -0.371 e. The molecule has 0 saturated heterocycles. The first-order chi connectivity index (χ1) is 19.8. The molecule has 1 unspecified atom stereocenters. The normalized spacial score (nSPS) is 15.7. The summed E-state index contributed by atoms with van der Waals surface area (Å²) in [4.78, 5) is 17.9. The Bertz CT molecular complexity index is 1180. The summed E-state index contributed by atoms with van der Waals surface area (Å²) < 4.78 is 5.98. The van der Waals surface area contributed by atoms with Gasteiger partial charge in [-0.2, -0.15) is 5.26 Å². The molecule has 1 aliphatic rings. The summed E-state index contributed by atoms with van der Waals surface area (Å²) in [7, 11) is 0. The second-order valence-corrected chi connectivity index (χ2v) is 12.3. The van der Waals surface area contributed by atoms with E-state index in [4.69, 9.17) is 9.73 Å². The lowest BCUT2D eigenvalue weighted by Gasteiger charge is -2.34. The molecule has 1 aromatic carbocycles. The Morgan fingerprint density at radius 2 is 1.79 bits per heavy atom. The molecule has 42 heavy (non-hydrogen) atoms. The zero-order valence-corrected chi connectivity index (χ0v) is 28.3. The maximum absolute atomic E-state index is 10.6. The van der Waals surface area contributed by atoms with Crippen molar-refractivity contribution in [1.29, 1.82) is 5.26 Å². The molecule has 232 valence electrons. The summed E-state index contributed by atoms with van der Waals surface area (Å²) in [5.41, 5.74) is 7.50. The van der Waals surface area contributed by atoms with E-state index >= 15 is 0 Å². The van der Waals surface area contributed by atoms with E-state index in [1.807, 2.05) is 37.4 Å². The number of aryl methyl sites for hydroxylation is 1. The highest BCUT2D eigenvalue weighted by atomic mass is 16.5. The van der Waals surface area contributed by atoms with E-state index in [1.165, 1.54) is 23.6 Å². The van der Waals surface area contributed by atoms with Gasteiger partial charge in [-0.25, -0.2) is 4.99 Å². The van der Waals surface area contributed by atoms with Gasteiger partial charge in [0.1, 0.15) is 11.9 Å². The molecule has 1 aliphatic heterocycles. The number of nitriles is 1. The second kappa shape index (κ2) is 18.4. The first-order valence-corrected chi connectivity index (χ1v) is 15.5. The van der Waals surface area contributed by atoms with Crippen molar-refractivity contribution in [3.8, 4) is 6.07 Å². The van der Waals surface area contributed by atoms with Crippen LogP contribution >= 0.6 is 0 Å². The lowest BCUT2D eigenvalue weighted by atomic mass is 9.87. The number of hydrogen-bond donors (Lipinski definition) is 1. The number of allylic oxidation sites excluding steroid dienone is 2. The quantitative estimate of drug-likeness (QED) is 0.153.